The van der Waals surface area contributed by atoms with Crippen molar-refractivity contribution < 1.29 is 9.50 Å². The Bertz CT molecular complexity index is 386. The third kappa shape index (κ3) is 1.85. The van der Waals surface area contributed by atoms with Gasteiger partial charge in [0.05, 0.1) is 18.7 Å². The van der Waals surface area contributed by atoms with E-state index in [2.05, 4.69) is 25.7 Å². The highest BCUT2D eigenvalue weighted by Gasteiger charge is 2.53. The summed E-state index contributed by atoms with van der Waals surface area (Å²) in [5.41, 5.74) is 0.650. The molecule has 1 heterocycles. The Morgan fingerprint density at radius 1 is 1.31 bits per heavy atom. The number of benzene rings is 1. The zero-order chi connectivity index (χ0) is 11.9. The van der Waals surface area contributed by atoms with Crippen LogP contribution in [0.4, 0.5) is 4.39 Å². The van der Waals surface area contributed by atoms with Gasteiger partial charge in [0.1, 0.15) is 5.82 Å². The average Bonchev–Trinajstić information content (AvgIpc) is 2.92. The molecule has 1 aliphatic heterocycles. The highest BCUT2D eigenvalue weighted by molar-refractivity contribution is 5.29. The molecule has 16 heavy (non-hydrogen) atoms. The van der Waals surface area contributed by atoms with Crippen LogP contribution in [0.1, 0.15) is 32.4 Å². The fourth-order valence-corrected chi connectivity index (χ4v) is 2.45. The maximum Gasteiger partial charge on any atom is 0.128 e. The Morgan fingerprint density at radius 3 is 2.38 bits per heavy atom. The first-order valence-electron chi connectivity index (χ1n) is 5.60. The third-order valence-corrected chi connectivity index (χ3v) is 3.12. The molecule has 0 radical (unpaired) electrons. The van der Waals surface area contributed by atoms with Gasteiger partial charge < -0.3 is 5.11 Å². The Hall–Kier alpha value is -0.930. The molecule has 0 aromatic heterocycles. The molecule has 1 unspecified atom stereocenters. The van der Waals surface area contributed by atoms with E-state index in [1.165, 1.54) is 6.07 Å². The fourth-order valence-electron chi connectivity index (χ4n) is 2.45. The van der Waals surface area contributed by atoms with Crippen molar-refractivity contribution in [1.29, 1.82) is 0 Å². The van der Waals surface area contributed by atoms with E-state index in [0.717, 1.165) is 0 Å². The van der Waals surface area contributed by atoms with Crippen LogP contribution >= 0.6 is 0 Å². The molecule has 0 aliphatic carbocycles. The van der Waals surface area contributed by atoms with Crippen molar-refractivity contribution in [3.8, 4) is 0 Å². The van der Waals surface area contributed by atoms with Crippen LogP contribution in [0, 0.1) is 5.82 Å². The lowest BCUT2D eigenvalue weighted by atomic mass is 10.1. The largest absolute Gasteiger partial charge is 0.395 e. The average molecular weight is 223 g/mol. The topological polar surface area (TPSA) is 23.2 Å². The molecule has 3 atom stereocenters. The lowest BCUT2D eigenvalue weighted by molar-refractivity contribution is 0.220. The van der Waals surface area contributed by atoms with Crippen LogP contribution in [0.5, 0.6) is 0 Å². The summed E-state index contributed by atoms with van der Waals surface area (Å²) in [7, 11) is 0. The molecule has 3 heteroatoms. The molecule has 2 rings (SSSR count). The molecule has 1 aromatic carbocycles. The number of rotatable bonds is 2. The van der Waals surface area contributed by atoms with Gasteiger partial charge in [-0.15, -0.1) is 0 Å². The van der Waals surface area contributed by atoms with Crippen molar-refractivity contribution in [3.63, 3.8) is 0 Å². The van der Waals surface area contributed by atoms with Gasteiger partial charge in [-0.1, -0.05) is 18.2 Å². The Balaban J connectivity index is 2.27. The van der Waals surface area contributed by atoms with E-state index in [1.54, 1.807) is 12.1 Å². The van der Waals surface area contributed by atoms with E-state index >= 15 is 0 Å². The standard InChI is InChI=1S/C13H18FNO/c1-13(2,3)15-11(8-16)12(15)9-6-4-5-7-10(9)14/h4-7,11-12,16H,8H2,1-3H3/t11-,12-,15?/m1/s1. The van der Waals surface area contributed by atoms with Crippen LogP contribution in [0.25, 0.3) is 0 Å². The van der Waals surface area contributed by atoms with E-state index in [4.69, 9.17) is 0 Å². The maximum absolute atomic E-state index is 13.6. The number of aliphatic hydroxyl groups is 1. The zero-order valence-electron chi connectivity index (χ0n) is 9.94. The fraction of sp³-hybridized carbons (Fsp3) is 0.538. The van der Waals surface area contributed by atoms with Crippen molar-refractivity contribution in [2.45, 2.75) is 38.4 Å². The second kappa shape index (κ2) is 3.82. The molecule has 1 saturated heterocycles. The summed E-state index contributed by atoms with van der Waals surface area (Å²) in [6.07, 6.45) is 0. The molecule has 1 fully saturated rings. The normalized spacial score (nSPS) is 29.2. The molecular formula is C13H18FNO. The van der Waals surface area contributed by atoms with E-state index < -0.39 is 0 Å². The highest BCUT2D eigenvalue weighted by Crippen LogP contribution is 2.48. The SMILES string of the molecule is CC(C)(C)N1[C@H](CO)[C@H]1c1ccccc1F. The van der Waals surface area contributed by atoms with Crippen molar-refractivity contribution >= 4 is 0 Å². The number of halogens is 1. The molecule has 1 N–H and O–H groups in total. The summed E-state index contributed by atoms with van der Waals surface area (Å²) >= 11 is 0. The van der Waals surface area contributed by atoms with Crippen molar-refractivity contribution in [2.75, 3.05) is 6.61 Å². The third-order valence-electron chi connectivity index (χ3n) is 3.12. The van der Waals surface area contributed by atoms with Crippen LogP contribution in [0.3, 0.4) is 0 Å². The Labute approximate surface area is 95.7 Å². The highest BCUT2D eigenvalue weighted by atomic mass is 19.1. The van der Waals surface area contributed by atoms with E-state index in [9.17, 15) is 9.50 Å². The first kappa shape index (κ1) is 11.6. The van der Waals surface area contributed by atoms with Crippen molar-refractivity contribution in [1.82, 2.24) is 4.90 Å². The molecule has 1 aromatic rings. The summed E-state index contributed by atoms with van der Waals surface area (Å²) in [5, 5.41) is 9.30. The minimum Gasteiger partial charge on any atom is -0.395 e. The van der Waals surface area contributed by atoms with Gasteiger partial charge in [0.2, 0.25) is 0 Å². The lowest BCUT2D eigenvalue weighted by Crippen LogP contribution is -2.28. The Kier molecular flexibility index (Phi) is 2.76. The monoisotopic (exact) mass is 223 g/mol. The van der Waals surface area contributed by atoms with Gasteiger partial charge >= 0.3 is 0 Å². The van der Waals surface area contributed by atoms with Gasteiger partial charge in [0.25, 0.3) is 0 Å². The van der Waals surface area contributed by atoms with Crippen LogP contribution in [-0.2, 0) is 0 Å². The minimum atomic E-state index is -0.183. The van der Waals surface area contributed by atoms with Gasteiger partial charge in [0.15, 0.2) is 0 Å². The summed E-state index contributed by atoms with van der Waals surface area (Å²) in [5.74, 6) is -0.183. The predicted octanol–water partition coefficient (Wildman–Crippen LogP) is 2.34. The van der Waals surface area contributed by atoms with E-state index in [0.29, 0.717) is 5.56 Å². The number of nitrogens with zero attached hydrogens (tertiary/aromatic N) is 1. The minimum absolute atomic E-state index is 0.0196. The lowest BCUT2D eigenvalue weighted by Gasteiger charge is -2.22. The van der Waals surface area contributed by atoms with E-state index in [1.807, 2.05) is 6.07 Å². The second-order valence-electron chi connectivity index (χ2n) is 5.29. The summed E-state index contributed by atoms with van der Waals surface area (Å²) in [6.45, 7) is 6.32. The maximum atomic E-state index is 13.6. The van der Waals surface area contributed by atoms with Crippen LogP contribution in [-0.4, -0.2) is 28.2 Å². The molecule has 0 bridgehead atoms. The van der Waals surface area contributed by atoms with Crippen LogP contribution in [0.15, 0.2) is 24.3 Å². The number of aliphatic hydroxyl groups excluding tert-OH is 1. The second-order valence-corrected chi connectivity index (χ2v) is 5.29. The number of hydrogen-bond donors (Lipinski definition) is 1. The van der Waals surface area contributed by atoms with Crippen LogP contribution in [0.2, 0.25) is 0 Å². The van der Waals surface area contributed by atoms with Gasteiger partial charge in [-0.05, 0) is 26.8 Å². The summed E-state index contributed by atoms with van der Waals surface area (Å²) in [6, 6.07) is 6.88. The molecule has 2 nitrogen and oxygen atoms in total. The smallest absolute Gasteiger partial charge is 0.128 e. The first-order chi connectivity index (χ1) is 7.46. The van der Waals surface area contributed by atoms with Crippen LogP contribution < -0.4 is 0 Å². The molecule has 0 saturated carbocycles. The van der Waals surface area contributed by atoms with E-state index in [-0.39, 0.29) is 30.0 Å². The zero-order valence-corrected chi connectivity index (χ0v) is 9.94. The molecule has 0 spiro atoms. The van der Waals surface area contributed by atoms with Crippen molar-refractivity contribution in [3.05, 3.63) is 35.6 Å². The molecule has 0 amide bonds. The van der Waals surface area contributed by atoms with Gasteiger partial charge in [-0.3, -0.25) is 4.90 Å². The Morgan fingerprint density at radius 2 is 1.94 bits per heavy atom. The summed E-state index contributed by atoms with van der Waals surface area (Å²) in [4.78, 5) is 2.14. The first-order valence-corrected chi connectivity index (χ1v) is 5.60. The summed E-state index contributed by atoms with van der Waals surface area (Å²) < 4.78 is 13.6. The van der Waals surface area contributed by atoms with Crippen molar-refractivity contribution in [2.24, 2.45) is 0 Å². The van der Waals surface area contributed by atoms with Gasteiger partial charge in [-0.2, -0.15) is 0 Å². The molecule has 1 aliphatic rings. The number of hydrogen-bond acceptors (Lipinski definition) is 2. The molecule has 88 valence electrons. The van der Waals surface area contributed by atoms with Gasteiger partial charge in [-0.25, -0.2) is 4.39 Å². The molecular weight excluding hydrogens is 205 g/mol. The van der Waals surface area contributed by atoms with Gasteiger partial charge in [0, 0.05) is 11.1 Å². The predicted molar refractivity (Wildman–Crippen MR) is 61.6 cm³/mol. The quantitative estimate of drug-likeness (QED) is 0.778.